The molecule has 0 aromatic carbocycles. The molecule has 0 amide bonds. The number of nitrogens with two attached hydrogens (primary N) is 1. The molecule has 2 rings (SSSR count). The van der Waals surface area contributed by atoms with Gasteiger partial charge in [0.1, 0.15) is 11.6 Å². The number of hydrogen-bond acceptors (Lipinski definition) is 5. The Morgan fingerprint density at radius 3 is 2.73 bits per heavy atom. The van der Waals surface area contributed by atoms with Gasteiger partial charge in [-0.05, 0) is 19.9 Å². The third-order valence-corrected chi connectivity index (χ3v) is 1.93. The van der Waals surface area contributed by atoms with Crippen LogP contribution in [0.4, 0.5) is 5.82 Å². The van der Waals surface area contributed by atoms with Gasteiger partial charge in [-0.2, -0.15) is 5.10 Å². The Morgan fingerprint density at radius 2 is 2.13 bits per heavy atom. The number of aromatic nitrogens is 4. The van der Waals surface area contributed by atoms with Gasteiger partial charge < -0.3 is 5.43 Å². The molecule has 0 aliphatic rings. The van der Waals surface area contributed by atoms with Crippen molar-refractivity contribution in [1.29, 1.82) is 0 Å². The Hall–Kier alpha value is -1.95. The maximum Gasteiger partial charge on any atom is 0.159 e. The first-order valence-electron chi connectivity index (χ1n) is 4.54. The topological polar surface area (TPSA) is 81.7 Å². The van der Waals surface area contributed by atoms with Gasteiger partial charge in [-0.15, -0.1) is 0 Å². The molecule has 0 aliphatic carbocycles. The van der Waals surface area contributed by atoms with E-state index in [2.05, 4.69) is 20.5 Å². The molecule has 0 saturated carbocycles. The van der Waals surface area contributed by atoms with E-state index in [0.29, 0.717) is 17.5 Å². The van der Waals surface area contributed by atoms with Gasteiger partial charge in [0.2, 0.25) is 0 Å². The number of hydrogen-bond donors (Lipinski definition) is 2. The molecule has 2 heterocycles. The lowest BCUT2D eigenvalue weighted by Crippen LogP contribution is -2.11. The van der Waals surface area contributed by atoms with E-state index in [0.717, 1.165) is 5.69 Å². The van der Waals surface area contributed by atoms with Crippen LogP contribution in [-0.2, 0) is 0 Å². The van der Waals surface area contributed by atoms with Crippen LogP contribution in [0, 0.1) is 13.8 Å². The van der Waals surface area contributed by atoms with E-state index in [1.165, 1.54) is 0 Å². The van der Waals surface area contributed by atoms with Crippen molar-refractivity contribution in [3.63, 3.8) is 0 Å². The van der Waals surface area contributed by atoms with Crippen molar-refractivity contribution < 1.29 is 0 Å². The van der Waals surface area contributed by atoms with E-state index in [1.807, 2.05) is 19.2 Å². The summed E-state index contributed by atoms with van der Waals surface area (Å²) in [5, 5.41) is 4.26. The zero-order valence-corrected chi connectivity index (χ0v) is 8.60. The van der Waals surface area contributed by atoms with Crippen LogP contribution < -0.4 is 11.3 Å². The molecule has 2 aromatic rings. The van der Waals surface area contributed by atoms with Crippen molar-refractivity contribution >= 4 is 5.82 Å². The van der Waals surface area contributed by atoms with Crippen molar-refractivity contribution in [2.75, 3.05) is 5.43 Å². The van der Waals surface area contributed by atoms with E-state index in [-0.39, 0.29) is 0 Å². The third kappa shape index (κ3) is 1.94. The summed E-state index contributed by atoms with van der Waals surface area (Å²) in [6, 6.07) is 3.65. The molecule has 6 nitrogen and oxygen atoms in total. The summed E-state index contributed by atoms with van der Waals surface area (Å²) >= 11 is 0. The van der Waals surface area contributed by atoms with E-state index in [4.69, 9.17) is 5.84 Å². The second-order valence-corrected chi connectivity index (χ2v) is 3.20. The quantitative estimate of drug-likeness (QED) is 0.552. The van der Waals surface area contributed by atoms with E-state index >= 15 is 0 Å². The average Bonchev–Trinajstić information content (AvgIpc) is 2.64. The first-order valence-corrected chi connectivity index (χ1v) is 4.54. The fourth-order valence-electron chi connectivity index (χ4n) is 1.29. The number of aryl methyl sites for hydroxylation is 2. The number of hydrazine groups is 1. The van der Waals surface area contributed by atoms with Crippen LogP contribution in [0.5, 0.6) is 0 Å². The monoisotopic (exact) mass is 204 g/mol. The molecule has 2 aromatic heterocycles. The largest absolute Gasteiger partial charge is 0.308 e. The summed E-state index contributed by atoms with van der Waals surface area (Å²) in [5.74, 6) is 7.22. The average molecular weight is 204 g/mol. The molecule has 3 N–H and O–H groups in total. The molecule has 0 spiro atoms. The molecule has 0 atom stereocenters. The molecule has 0 fully saturated rings. The van der Waals surface area contributed by atoms with Crippen LogP contribution in [0.15, 0.2) is 18.3 Å². The van der Waals surface area contributed by atoms with Crippen LogP contribution in [0.25, 0.3) is 5.82 Å². The Bertz CT molecular complexity index is 475. The summed E-state index contributed by atoms with van der Waals surface area (Å²) in [6.07, 6.45) is 1.84. The Morgan fingerprint density at radius 1 is 1.33 bits per heavy atom. The molecule has 15 heavy (non-hydrogen) atoms. The van der Waals surface area contributed by atoms with Gasteiger partial charge in [0.15, 0.2) is 5.82 Å². The summed E-state index contributed by atoms with van der Waals surface area (Å²) in [6.45, 7) is 3.73. The molecular weight excluding hydrogens is 192 g/mol. The number of nitrogens with one attached hydrogen (secondary N) is 1. The summed E-state index contributed by atoms with van der Waals surface area (Å²) < 4.78 is 1.69. The van der Waals surface area contributed by atoms with Crippen LogP contribution in [0.2, 0.25) is 0 Å². The fourth-order valence-corrected chi connectivity index (χ4v) is 1.29. The molecular formula is C9H12N6. The first-order chi connectivity index (χ1) is 7.19. The minimum Gasteiger partial charge on any atom is -0.308 e. The van der Waals surface area contributed by atoms with Crippen molar-refractivity contribution in [3.05, 3.63) is 29.8 Å². The molecule has 0 saturated heterocycles. The maximum absolute atomic E-state index is 5.30. The summed E-state index contributed by atoms with van der Waals surface area (Å²) in [7, 11) is 0. The van der Waals surface area contributed by atoms with Crippen LogP contribution >= 0.6 is 0 Å². The van der Waals surface area contributed by atoms with Crippen molar-refractivity contribution in [2.45, 2.75) is 13.8 Å². The number of rotatable bonds is 2. The molecule has 0 radical (unpaired) electrons. The van der Waals surface area contributed by atoms with Gasteiger partial charge in [-0.25, -0.2) is 20.5 Å². The molecule has 0 bridgehead atoms. The smallest absolute Gasteiger partial charge is 0.159 e. The maximum atomic E-state index is 5.30. The highest BCUT2D eigenvalue weighted by molar-refractivity contribution is 5.40. The van der Waals surface area contributed by atoms with Crippen LogP contribution in [-0.4, -0.2) is 19.7 Å². The van der Waals surface area contributed by atoms with Gasteiger partial charge in [0, 0.05) is 12.3 Å². The van der Waals surface area contributed by atoms with Gasteiger partial charge in [-0.1, -0.05) is 0 Å². The highest BCUT2D eigenvalue weighted by atomic mass is 15.3. The summed E-state index contributed by atoms with van der Waals surface area (Å²) in [4.78, 5) is 8.36. The third-order valence-electron chi connectivity index (χ3n) is 1.93. The van der Waals surface area contributed by atoms with Crippen LogP contribution in [0.3, 0.4) is 0 Å². The number of anilines is 1. The second-order valence-electron chi connectivity index (χ2n) is 3.20. The lowest BCUT2D eigenvalue weighted by Gasteiger charge is -2.04. The van der Waals surface area contributed by atoms with E-state index < -0.39 is 0 Å². The van der Waals surface area contributed by atoms with Gasteiger partial charge in [-0.3, -0.25) is 0 Å². The summed E-state index contributed by atoms with van der Waals surface area (Å²) in [5.41, 5.74) is 3.43. The Kier molecular flexibility index (Phi) is 2.34. The molecule has 0 unspecified atom stereocenters. The normalized spacial score (nSPS) is 10.3. The SMILES string of the molecule is Cc1ccn(-c2cc(NN)nc(C)n2)n1. The molecule has 0 aliphatic heterocycles. The fraction of sp³-hybridized carbons (Fsp3) is 0.222. The minimum atomic E-state index is 0.575. The standard InChI is InChI=1S/C9H12N6/c1-6-3-4-15(14-6)9-5-8(13-10)11-7(2)12-9/h3-5H,10H2,1-2H3,(H,11,12,13). The van der Waals surface area contributed by atoms with Crippen molar-refractivity contribution in [2.24, 2.45) is 5.84 Å². The Balaban J connectivity index is 2.48. The van der Waals surface area contributed by atoms with Crippen molar-refractivity contribution in [1.82, 2.24) is 19.7 Å². The van der Waals surface area contributed by atoms with Crippen molar-refractivity contribution in [3.8, 4) is 5.82 Å². The number of nitrogen functional groups attached to an aromatic ring is 1. The van der Waals surface area contributed by atoms with Gasteiger partial charge >= 0.3 is 0 Å². The highest BCUT2D eigenvalue weighted by Crippen LogP contribution is 2.09. The van der Waals surface area contributed by atoms with Gasteiger partial charge in [0.05, 0.1) is 5.69 Å². The molecule has 6 heteroatoms. The zero-order valence-electron chi connectivity index (χ0n) is 8.60. The lowest BCUT2D eigenvalue weighted by molar-refractivity contribution is 0.816. The van der Waals surface area contributed by atoms with Gasteiger partial charge in [0.25, 0.3) is 0 Å². The Labute approximate surface area is 87.1 Å². The number of nitrogens with zero attached hydrogens (tertiary/aromatic N) is 4. The predicted octanol–water partition coefficient (Wildman–Crippen LogP) is 0.565. The van der Waals surface area contributed by atoms with E-state index in [9.17, 15) is 0 Å². The van der Waals surface area contributed by atoms with E-state index in [1.54, 1.807) is 17.7 Å². The molecule has 78 valence electrons. The first kappa shape index (κ1) is 9.60. The zero-order chi connectivity index (χ0) is 10.8. The minimum absolute atomic E-state index is 0.575. The lowest BCUT2D eigenvalue weighted by atomic mass is 10.5. The highest BCUT2D eigenvalue weighted by Gasteiger charge is 2.03. The van der Waals surface area contributed by atoms with Crippen LogP contribution in [0.1, 0.15) is 11.5 Å². The predicted molar refractivity (Wildman–Crippen MR) is 56.4 cm³/mol. The second kappa shape index (κ2) is 3.66.